The molecule has 162 valence electrons. The molecule has 0 aliphatic rings. The van der Waals surface area contributed by atoms with Gasteiger partial charge in [0.25, 0.3) is 11.5 Å². The van der Waals surface area contributed by atoms with E-state index in [1.807, 2.05) is 19.1 Å². The molecule has 1 atom stereocenters. The van der Waals surface area contributed by atoms with Gasteiger partial charge >= 0.3 is 5.97 Å². The summed E-state index contributed by atoms with van der Waals surface area (Å²) < 4.78 is 10.5. The first-order valence-corrected chi connectivity index (χ1v) is 10.0. The number of rotatable bonds is 8. The summed E-state index contributed by atoms with van der Waals surface area (Å²) in [5, 5.41) is 3.25. The monoisotopic (exact) mass is 423 g/mol. The predicted octanol–water partition coefficient (Wildman–Crippen LogP) is 3.13. The van der Waals surface area contributed by atoms with E-state index in [0.717, 1.165) is 5.56 Å². The van der Waals surface area contributed by atoms with Crippen molar-refractivity contribution in [1.82, 2.24) is 9.97 Å². The highest BCUT2D eigenvalue weighted by Gasteiger charge is 2.19. The third-order valence-corrected chi connectivity index (χ3v) is 4.75. The second-order valence-corrected chi connectivity index (χ2v) is 7.21. The Morgan fingerprint density at radius 3 is 2.74 bits per heavy atom. The number of ether oxygens (including phenoxy) is 2. The summed E-state index contributed by atoms with van der Waals surface area (Å²) in [7, 11) is 1.52. The normalized spacial score (nSPS) is 11.7. The minimum absolute atomic E-state index is 0.0991. The van der Waals surface area contributed by atoms with E-state index < -0.39 is 18.0 Å². The molecule has 1 amide bonds. The molecule has 2 N–H and O–H groups in total. The number of benzene rings is 2. The van der Waals surface area contributed by atoms with Crippen LogP contribution in [0.5, 0.6) is 5.75 Å². The molecule has 0 spiro atoms. The van der Waals surface area contributed by atoms with Crippen molar-refractivity contribution in [2.75, 3.05) is 12.4 Å². The minimum atomic E-state index is -0.962. The number of anilines is 1. The Bertz CT molecular complexity index is 1160. The zero-order valence-corrected chi connectivity index (χ0v) is 17.7. The number of hydrogen-bond acceptors (Lipinski definition) is 6. The first-order chi connectivity index (χ1) is 14.9. The average molecular weight is 423 g/mol. The summed E-state index contributed by atoms with van der Waals surface area (Å²) >= 11 is 0. The molecule has 1 aromatic heterocycles. The Balaban J connectivity index is 1.51. The molecule has 3 aromatic rings. The second-order valence-electron chi connectivity index (χ2n) is 7.21. The molecule has 8 heteroatoms. The van der Waals surface area contributed by atoms with Gasteiger partial charge in [-0.3, -0.25) is 14.4 Å². The highest BCUT2D eigenvalue weighted by Crippen LogP contribution is 2.25. The number of methoxy groups -OCH3 is 1. The van der Waals surface area contributed by atoms with Crippen LogP contribution in [0, 0.1) is 6.92 Å². The molecule has 31 heavy (non-hydrogen) atoms. The molecule has 0 unspecified atom stereocenters. The number of aromatic amines is 1. The number of hydrogen-bond donors (Lipinski definition) is 2. The molecule has 0 radical (unpaired) electrons. The van der Waals surface area contributed by atoms with Gasteiger partial charge in [0.05, 0.1) is 23.7 Å². The lowest BCUT2D eigenvalue weighted by Crippen LogP contribution is -2.30. The summed E-state index contributed by atoms with van der Waals surface area (Å²) in [6.07, 6.45) is -0.0190. The Morgan fingerprint density at radius 1 is 1.19 bits per heavy atom. The van der Waals surface area contributed by atoms with Gasteiger partial charge in [-0.1, -0.05) is 18.2 Å². The topological polar surface area (TPSA) is 110 Å². The van der Waals surface area contributed by atoms with Gasteiger partial charge in [0.1, 0.15) is 11.6 Å². The van der Waals surface area contributed by atoms with Crippen molar-refractivity contribution in [3.63, 3.8) is 0 Å². The van der Waals surface area contributed by atoms with Crippen molar-refractivity contribution in [3.8, 4) is 5.75 Å². The van der Waals surface area contributed by atoms with Crippen molar-refractivity contribution in [3.05, 3.63) is 64.2 Å². The third kappa shape index (κ3) is 5.69. The smallest absolute Gasteiger partial charge is 0.306 e. The maximum atomic E-state index is 12.4. The van der Waals surface area contributed by atoms with Crippen molar-refractivity contribution >= 4 is 28.5 Å². The summed E-state index contributed by atoms with van der Waals surface area (Å²) in [4.78, 5) is 43.8. The third-order valence-electron chi connectivity index (χ3n) is 4.75. The Morgan fingerprint density at radius 2 is 1.97 bits per heavy atom. The number of para-hydroxylation sites is 1. The zero-order valence-electron chi connectivity index (χ0n) is 17.7. The SMILES string of the molecule is COc1ccc(C)cc1NC(=O)[C@H](C)OC(=O)CCCc1nc2ccccc2c(=O)[nH]1. The zero-order chi connectivity index (χ0) is 22.4. The molecular formula is C23H25N3O5. The van der Waals surface area contributed by atoms with Gasteiger partial charge in [-0.05, 0) is 50.1 Å². The van der Waals surface area contributed by atoms with Crippen molar-refractivity contribution in [2.24, 2.45) is 0 Å². The van der Waals surface area contributed by atoms with Gasteiger partial charge in [0.2, 0.25) is 0 Å². The summed E-state index contributed by atoms with van der Waals surface area (Å²) in [6.45, 7) is 3.41. The molecule has 0 saturated carbocycles. The fourth-order valence-electron chi connectivity index (χ4n) is 3.12. The first-order valence-electron chi connectivity index (χ1n) is 10.0. The molecule has 0 saturated heterocycles. The number of nitrogens with zero attached hydrogens (tertiary/aromatic N) is 1. The number of aryl methyl sites for hydroxylation is 2. The lowest BCUT2D eigenvalue weighted by molar-refractivity contribution is -0.153. The number of carbonyl (C=O) groups is 2. The maximum absolute atomic E-state index is 12.4. The molecule has 3 rings (SSSR count). The van der Waals surface area contributed by atoms with Gasteiger partial charge in [-0.2, -0.15) is 0 Å². The van der Waals surface area contributed by atoms with E-state index in [-0.39, 0.29) is 12.0 Å². The predicted molar refractivity (Wildman–Crippen MR) is 117 cm³/mol. The fraction of sp³-hybridized carbons (Fsp3) is 0.304. The van der Waals surface area contributed by atoms with Crippen LogP contribution in [-0.2, 0) is 20.7 Å². The second kappa shape index (κ2) is 9.88. The quantitative estimate of drug-likeness (QED) is 0.539. The molecule has 8 nitrogen and oxygen atoms in total. The summed E-state index contributed by atoms with van der Waals surface area (Å²) in [6, 6.07) is 12.5. The number of H-pyrrole nitrogens is 1. The Kier molecular flexibility index (Phi) is 7.02. The fourth-order valence-corrected chi connectivity index (χ4v) is 3.12. The van der Waals surface area contributed by atoms with E-state index in [2.05, 4.69) is 15.3 Å². The molecule has 0 aliphatic heterocycles. The maximum Gasteiger partial charge on any atom is 0.306 e. The van der Waals surface area contributed by atoms with Crippen LogP contribution < -0.4 is 15.6 Å². The number of nitrogens with one attached hydrogen (secondary N) is 2. The van der Waals surface area contributed by atoms with Crippen LogP contribution in [0.15, 0.2) is 47.3 Å². The summed E-state index contributed by atoms with van der Waals surface area (Å²) in [5.74, 6) is 0.0861. The van der Waals surface area contributed by atoms with Crippen LogP contribution in [0.25, 0.3) is 10.9 Å². The number of esters is 1. The highest BCUT2D eigenvalue weighted by atomic mass is 16.5. The average Bonchev–Trinajstić information content (AvgIpc) is 2.74. The largest absolute Gasteiger partial charge is 0.495 e. The van der Waals surface area contributed by atoms with Crippen LogP contribution in [-0.4, -0.2) is 35.1 Å². The van der Waals surface area contributed by atoms with Crippen molar-refractivity contribution in [2.45, 2.75) is 39.2 Å². The van der Waals surface area contributed by atoms with Gasteiger partial charge in [-0.25, -0.2) is 4.98 Å². The lowest BCUT2D eigenvalue weighted by Gasteiger charge is -2.15. The van der Waals surface area contributed by atoms with E-state index in [9.17, 15) is 14.4 Å². The van der Waals surface area contributed by atoms with Gasteiger partial charge < -0.3 is 19.8 Å². The van der Waals surface area contributed by atoms with Crippen LogP contribution in [0.3, 0.4) is 0 Å². The van der Waals surface area contributed by atoms with E-state index >= 15 is 0 Å². The molecule has 2 aromatic carbocycles. The Hall–Kier alpha value is -3.68. The van der Waals surface area contributed by atoms with Gasteiger partial charge in [-0.15, -0.1) is 0 Å². The number of aromatic nitrogens is 2. The van der Waals surface area contributed by atoms with E-state index in [4.69, 9.17) is 9.47 Å². The van der Waals surface area contributed by atoms with Crippen LogP contribution >= 0.6 is 0 Å². The standard InChI is InChI=1S/C23H25N3O5/c1-14-11-12-19(30-3)18(13-14)25-22(28)15(2)31-21(27)10-6-9-20-24-17-8-5-4-7-16(17)23(29)26-20/h4-5,7-8,11-13,15H,6,9-10H2,1-3H3,(H,25,28)(H,24,26,29)/t15-/m0/s1. The molecule has 0 fully saturated rings. The van der Waals surface area contributed by atoms with E-state index in [1.54, 1.807) is 30.3 Å². The number of fused-ring (bicyclic) bond motifs is 1. The highest BCUT2D eigenvalue weighted by molar-refractivity contribution is 5.96. The first kappa shape index (κ1) is 22.0. The van der Waals surface area contributed by atoms with Crippen molar-refractivity contribution in [1.29, 1.82) is 0 Å². The number of carbonyl (C=O) groups excluding carboxylic acids is 2. The van der Waals surface area contributed by atoms with Gasteiger partial charge in [0.15, 0.2) is 6.10 Å². The van der Waals surface area contributed by atoms with Crippen LogP contribution in [0.4, 0.5) is 5.69 Å². The summed E-state index contributed by atoms with van der Waals surface area (Å²) in [5.41, 5.74) is 1.88. The Labute approximate surface area is 179 Å². The van der Waals surface area contributed by atoms with Crippen LogP contribution in [0.1, 0.15) is 31.2 Å². The minimum Gasteiger partial charge on any atom is -0.495 e. The molecule has 1 heterocycles. The van der Waals surface area contributed by atoms with Gasteiger partial charge in [0, 0.05) is 12.8 Å². The van der Waals surface area contributed by atoms with E-state index in [1.165, 1.54) is 14.0 Å². The molecule has 0 aliphatic carbocycles. The van der Waals surface area contributed by atoms with Crippen LogP contribution in [0.2, 0.25) is 0 Å². The lowest BCUT2D eigenvalue weighted by atomic mass is 10.2. The number of amides is 1. The molecular weight excluding hydrogens is 398 g/mol. The van der Waals surface area contributed by atoms with E-state index in [0.29, 0.717) is 41.0 Å². The van der Waals surface area contributed by atoms with Crippen molar-refractivity contribution < 1.29 is 19.1 Å². The molecule has 0 bridgehead atoms.